The van der Waals surface area contributed by atoms with Gasteiger partial charge in [-0.3, -0.25) is 4.79 Å². The van der Waals surface area contributed by atoms with Gasteiger partial charge in [0.1, 0.15) is 11.5 Å². The highest BCUT2D eigenvalue weighted by atomic mass is 127. The van der Waals surface area contributed by atoms with E-state index in [1.165, 1.54) is 12.2 Å². The quantitative estimate of drug-likeness (QED) is 0.101. The maximum absolute atomic E-state index is 12.2. The third kappa shape index (κ3) is 7.50. The van der Waals surface area contributed by atoms with E-state index in [0.717, 1.165) is 26.9 Å². The second kappa shape index (κ2) is 12.0. The molecule has 0 aliphatic carbocycles. The molecule has 32 heavy (non-hydrogen) atoms. The Morgan fingerprint density at radius 1 is 0.781 bits per heavy atom. The fraction of sp³-hybridized carbons (Fsp3) is 0.111. The summed E-state index contributed by atoms with van der Waals surface area (Å²) in [5, 5.41) is 0. The van der Waals surface area contributed by atoms with Gasteiger partial charge in [0, 0.05) is 15.2 Å². The first-order chi connectivity index (χ1) is 15.5. The highest BCUT2D eigenvalue weighted by molar-refractivity contribution is 14.1. The number of ketones is 1. The van der Waals surface area contributed by atoms with E-state index in [1.54, 1.807) is 48.6 Å². The molecule has 0 radical (unpaired) electrons. The minimum atomic E-state index is -0.464. The summed E-state index contributed by atoms with van der Waals surface area (Å²) in [4.78, 5) is 24.3. The van der Waals surface area contributed by atoms with Crippen LogP contribution in [0, 0.1) is 3.57 Å². The number of rotatable bonds is 9. The van der Waals surface area contributed by atoms with E-state index < -0.39 is 5.97 Å². The molecule has 0 N–H and O–H groups in total. The molecule has 162 valence electrons. The molecule has 0 fully saturated rings. The molecule has 0 spiro atoms. The summed E-state index contributed by atoms with van der Waals surface area (Å²) >= 11 is 2.20. The van der Waals surface area contributed by atoms with Crippen LogP contribution in [0.15, 0.2) is 84.9 Å². The Kier molecular flexibility index (Phi) is 8.80. The van der Waals surface area contributed by atoms with Crippen LogP contribution < -0.4 is 9.47 Å². The Balaban J connectivity index is 1.52. The van der Waals surface area contributed by atoms with Crippen LogP contribution >= 0.6 is 22.6 Å². The first-order valence-corrected chi connectivity index (χ1v) is 11.3. The maximum atomic E-state index is 12.2. The van der Waals surface area contributed by atoms with Gasteiger partial charge < -0.3 is 9.47 Å². The number of carbonyl (C=O) groups is 2. The van der Waals surface area contributed by atoms with Crippen molar-refractivity contribution in [2.45, 2.75) is 13.3 Å². The van der Waals surface area contributed by atoms with Gasteiger partial charge in [-0.25, -0.2) is 4.79 Å². The van der Waals surface area contributed by atoms with Gasteiger partial charge in [0.2, 0.25) is 0 Å². The standard InChI is InChI=1S/C27H23IO4/c1-2-19-31-24-13-3-21(4-14-24)8-18-27(30)32-25-15-5-20(6-16-25)7-17-26(29)22-9-11-23(28)12-10-22/h3-18H,2,19H2,1H3/b17-7+,18-8+. The molecule has 0 unspecified atom stereocenters. The van der Waals surface area contributed by atoms with Gasteiger partial charge in [0.25, 0.3) is 0 Å². The van der Waals surface area contributed by atoms with E-state index >= 15 is 0 Å². The fourth-order valence-electron chi connectivity index (χ4n) is 2.74. The van der Waals surface area contributed by atoms with E-state index in [9.17, 15) is 9.59 Å². The molecule has 0 aliphatic heterocycles. The zero-order chi connectivity index (χ0) is 22.8. The molecule has 0 aromatic heterocycles. The second-order valence-electron chi connectivity index (χ2n) is 6.95. The number of ether oxygens (including phenoxy) is 2. The third-order valence-corrected chi connectivity index (χ3v) is 5.14. The van der Waals surface area contributed by atoms with E-state index in [4.69, 9.17) is 9.47 Å². The molecule has 0 atom stereocenters. The summed E-state index contributed by atoms with van der Waals surface area (Å²) in [7, 11) is 0. The zero-order valence-corrected chi connectivity index (χ0v) is 19.8. The monoisotopic (exact) mass is 538 g/mol. The average molecular weight is 538 g/mol. The van der Waals surface area contributed by atoms with Crippen molar-refractivity contribution >= 4 is 46.5 Å². The SMILES string of the molecule is CCCOc1ccc(/C=C/C(=O)Oc2ccc(/C=C/C(=O)c3ccc(I)cc3)cc2)cc1. The number of esters is 1. The van der Waals surface area contributed by atoms with Crippen LogP contribution in [-0.2, 0) is 4.79 Å². The van der Waals surface area contributed by atoms with Crippen LogP contribution in [0.5, 0.6) is 11.5 Å². The van der Waals surface area contributed by atoms with Crippen LogP contribution in [0.1, 0.15) is 34.8 Å². The predicted octanol–water partition coefficient (Wildman–Crippen LogP) is 6.59. The topological polar surface area (TPSA) is 52.6 Å². The minimum Gasteiger partial charge on any atom is -0.494 e. The van der Waals surface area contributed by atoms with Gasteiger partial charge in [-0.2, -0.15) is 0 Å². The van der Waals surface area contributed by atoms with Gasteiger partial charge in [0.05, 0.1) is 6.61 Å². The predicted molar refractivity (Wildman–Crippen MR) is 136 cm³/mol. The van der Waals surface area contributed by atoms with Crippen molar-refractivity contribution in [3.8, 4) is 11.5 Å². The molecular formula is C27H23IO4. The summed E-state index contributed by atoms with van der Waals surface area (Å²) in [5.74, 6) is 0.713. The zero-order valence-electron chi connectivity index (χ0n) is 17.7. The Hall–Kier alpha value is -3.19. The first kappa shape index (κ1) is 23.5. The number of hydrogen-bond donors (Lipinski definition) is 0. The van der Waals surface area contributed by atoms with Gasteiger partial charge in [-0.15, -0.1) is 0 Å². The molecule has 0 bridgehead atoms. The van der Waals surface area contributed by atoms with E-state index in [1.807, 2.05) is 36.4 Å². The number of benzene rings is 3. The van der Waals surface area contributed by atoms with Gasteiger partial charge >= 0.3 is 5.97 Å². The number of hydrogen-bond acceptors (Lipinski definition) is 4. The van der Waals surface area contributed by atoms with Gasteiger partial charge in [-0.05, 0) is 88.7 Å². The Morgan fingerprint density at radius 3 is 1.94 bits per heavy atom. The highest BCUT2D eigenvalue weighted by Gasteiger charge is 2.03. The van der Waals surface area contributed by atoms with Crippen molar-refractivity contribution in [1.82, 2.24) is 0 Å². The van der Waals surface area contributed by atoms with E-state index in [0.29, 0.717) is 17.9 Å². The number of carbonyl (C=O) groups excluding carboxylic acids is 2. The van der Waals surface area contributed by atoms with E-state index in [2.05, 4.69) is 29.5 Å². The van der Waals surface area contributed by atoms with Crippen LogP contribution in [0.2, 0.25) is 0 Å². The Bertz CT molecular complexity index is 1100. The largest absolute Gasteiger partial charge is 0.494 e. The van der Waals surface area contributed by atoms with Crippen LogP contribution in [0.3, 0.4) is 0 Å². The lowest BCUT2D eigenvalue weighted by molar-refractivity contribution is -0.128. The molecule has 0 saturated carbocycles. The maximum Gasteiger partial charge on any atom is 0.336 e. The lowest BCUT2D eigenvalue weighted by Crippen LogP contribution is -2.03. The molecule has 0 heterocycles. The summed E-state index contributed by atoms with van der Waals surface area (Å²) in [6.45, 7) is 2.74. The summed E-state index contributed by atoms with van der Waals surface area (Å²) in [6, 6.07) is 21.9. The van der Waals surface area contributed by atoms with Crippen molar-refractivity contribution in [3.05, 3.63) is 105 Å². The molecule has 3 aromatic carbocycles. The second-order valence-corrected chi connectivity index (χ2v) is 8.19. The molecule has 0 saturated heterocycles. The smallest absolute Gasteiger partial charge is 0.336 e. The normalized spacial score (nSPS) is 11.1. The molecule has 4 nitrogen and oxygen atoms in total. The summed E-state index contributed by atoms with van der Waals surface area (Å²) in [6.07, 6.45) is 7.30. The number of allylic oxidation sites excluding steroid dienone is 1. The molecular weight excluding hydrogens is 515 g/mol. The molecule has 0 aliphatic rings. The summed E-state index contributed by atoms with van der Waals surface area (Å²) < 4.78 is 12.0. The van der Waals surface area contributed by atoms with Crippen molar-refractivity contribution in [2.75, 3.05) is 6.61 Å². The van der Waals surface area contributed by atoms with Crippen LogP contribution in [0.25, 0.3) is 12.2 Å². The molecule has 5 heteroatoms. The third-order valence-electron chi connectivity index (χ3n) is 4.42. The molecule has 0 amide bonds. The van der Waals surface area contributed by atoms with Crippen molar-refractivity contribution in [3.63, 3.8) is 0 Å². The highest BCUT2D eigenvalue weighted by Crippen LogP contribution is 2.16. The lowest BCUT2D eigenvalue weighted by Gasteiger charge is -2.04. The van der Waals surface area contributed by atoms with Crippen molar-refractivity contribution < 1.29 is 19.1 Å². The van der Waals surface area contributed by atoms with Crippen LogP contribution in [0.4, 0.5) is 0 Å². The van der Waals surface area contributed by atoms with E-state index in [-0.39, 0.29) is 5.78 Å². The molecule has 3 rings (SSSR count). The van der Waals surface area contributed by atoms with Crippen molar-refractivity contribution in [2.24, 2.45) is 0 Å². The minimum absolute atomic E-state index is 0.0630. The van der Waals surface area contributed by atoms with Crippen molar-refractivity contribution in [1.29, 1.82) is 0 Å². The fourth-order valence-corrected chi connectivity index (χ4v) is 3.10. The Morgan fingerprint density at radius 2 is 1.34 bits per heavy atom. The first-order valence-electron chi connectivity index (χ1n) is 10.2. The summed E-state index contributed by atoms with van der Waals surface area (Å²) in [5.41, 5.74) is 2.36. The molecule has 3 aromatic rings. The lowest BCUT2D eigenvalue weighted by atomic mass is 10.1. The van der Waals surface area contributed by atoms with Gasteiger partial charge in [-0.1, -0.05) is 49.4 Å². The van der Waals surface area contributed by atoms with Gasteiger partial charge in [0.15, 0.2) is 5.78 Å². The number of halogens is 1. The average Bonchev–Trinajstić information content (AvgIpc) is 2.82. The van der Waals surface area contributed by atoms with Crippen LogP contribution in [-0.4, -0.2) is 18.4 Å². The Labute approximate surface area is 201 Å².